The molecular formula is C16H28N2O3. The van der Waals surface area contributed by atoms with Gasteiger partial charge < -0.3 is 15.7 Å². The molecule has 0 spiro atoms. The number of aliphatic hydroxyl groups excluding tert-OH is 1. The number of nitrogens with one attached hydrogen (secondary N) is 2. The second-order valence-corrected chi connectivity index (χ2v) is 6.47. The van der Waals surface area contributed by atoms with E-state index in [1.165, 1.54) is 12.8 Å². The lowest BCUT2D eigenvalue weighted by molar-refractivity contribution is -0.135. The van der Waals surface area contributed by atoms with Crippen LogP contribution in [0.3, 0.4) is 0 Å². The summed E-state index contributed by atoms with van der Waals surface area (Å²) in [5, 5.41) is 15.7. The molecule has 5 nitrogen and oxygen atoms in total. The van der Waals surface area contributed by atoms with Crippen molar-refractivity contribution in [3.63, 3.8) is 0 Å². The Bertz CT molecular complexity index is 347. The molecule has 0 aliphatic heterocycles. The van der Waals surface area contributed by atoms with Crippen molar-refractivity contribution in [2.45, 2.75) is 88.8 Å². The van der Waals surface area contributed by atoms with Crippen LogP contribution in [-0.4, -0.2) is 35.1 Å². The quantitative estimate of drug-likeness (QED) is 0.721. The van der Waals surface area contributed by atoms with Gasteiger partial charge in [-0.15, -0.1) is 0 Å². The minimum absolute atomic E-state index is 0.130. The fourth-order valence-electron chi connectivity index (χ4n) is 3.35. The molecule has 0 bridgehead atoms. The average molecular weight is 296 g/mol. The highest BCUT2D eigenvalue weighted by atomic mass is 16.3. The molecule has 21 heavy (non-hydrogen) atoms. The number of aliphatic hydroxyl groups is 1. The Morgan fingerprint density at radius 3 is 1.86 bits per heavy atom. The van der Waals surface area contributed by atoms with Crippen molar-refractivity contribution in [3.05, 3.63) is 0 Å². The molecule has 2 aliphatic carbocycles. The maximum Gasteiger partial charge on any atom is 0.249 e. The Kier molecular flexibility index (Phi) is 6.49. The number of rotatable bonds is 5. The van der Waals surface area contributed by atoms with Crippen LogP contribution in [0.25, 0.3) is 0 Å². The lowest BCUT2D eigenvalue weighted by Crippen LogP contribution is -2.45. The summed E-state index contributed by atoms with van der Waals surface area (Å²) < 4.78 is 0. The molecule has 2 fully saturated rings. The Balaban J connectivity index is 1.67. The average Bonchev–Trinajstić information content (AvgIpc) is 2.49. The van der Waals surface area contributed by atoms with Gasteiger partial charge in [-0.05, 0) is 25.7 Å². The van der Waals surface area contributed by atoms with Crippen LogP contribution in [0, 0.1) is 0 Å². The molecule has 0 heterocycles. The van der Waals surface area contributed by atoms with Gasteiger partial charge >= 0.3 is 0 Å². The molecule has 2 saturated carbocycles. The van der Waals surface area contributed by atoms with Gasteiger partial charge in [0.1, 0.15) is 6.10 Å². The molecular weight excluding hydrogens is 268 g/mol. The smallest absolute Gasteiger partial charge is 0.249 e. The summed E-state index contributed by atoms with van der Waals surface area (Å²) in [6.07, 6.45) is 9.63. The summed E-state index contributed by atoms with van der Waals surface area (Å²) >= 11 is 0. The Labute approximate surface area is 126 Å². The fraction of sp³-hybridized carbons (Fsp3) is 0.875. The molecule has 0 saturated heterocycles. The molecule has 120 valence electrons. The van der Waals surface area contributed by atoms with E-state index in [-0.39, 0.29) is 24.4 Å². The van der Waals surface area contributed by atoms with Gasteiger partial charge in [0, 0.05) is 12.1 Å². The summed E-state index contributed by atoms with van der Waals surface area (Å²) in [6.45, 7) is 0. The Hall–Kier alpha value is -1.10. The molecule has 2 rings (SSSR count). The summed E-state index contributed by atoms with van der Waals surface area (Å²) in [7, 11) is 0. The van der Waals surface area contributed by atoms with Crippen LogP contribution in [-0.2, 0) is 9.59 Å². The van der Waals surface area contributed by atoms with Crippen molar-refractivity contribution >= 4 is 11.8 Å². The second-order valence-electron chi connectivity index (χ2n) is 6.47. The zero-order chi connectivity index (χ0) is 15.1. The maximum absolute atomic E-state index is 11.9. The van der Waals surface area contributed by atoms with Crippen molar-refractivity contribution in [2.75, 3.05) is 0 Å². The third-order valence-corrected chi connectivity index (χ3v) is 4.60. The molecule has 0 aromatic carbocycles. The van der Waals surface area contributed by atoms with Crippen LogP contribution in [0.15, 0.2) is 0 Å². The lowest BCUT2D eigenvalue weighted by atomic mass is 9.95. The van der Waals surface area contributed by atoms with E-state index >= 15 is 0 Å². The van der Waals surface area contributed by atoms with E-state index in [4.69, 9.17) is 0 Å². The summed E-state index contributed by atoms with van der Waals surface area (Å²) in [6, 6.07) is 0.391. The van der Waals surface area contributed by atoms with E-state index in [9.17, 15) is 14.7 Å². The molecule has 0 aromatic heterocycles. The van der Waals surface area contributed by atoms with Crippen LogP contribution in [0.1, 0.15) is 70.6 Å². The summed E-state index contributed by atoms with van der Waals surface area (Å²) in [5.74, 6) is -0.617. The standard InChI is InChI=1S/C16H28N2O3/c19-14(16(21)18-13-9-5-2-6-10-13)11-15(20)17-12-7-3-1-4-8-12/h12-14,19H,1-11H2,(H,17,20)(H,18,21). The number of carbonyl (C=O) groups excluding carboxylic acids is 2. The fourth-order valence-corrected chi connectivity index (χ4v) is 3.35. The summed E-state index contributed by atoms with van der Waals surface area (Å²) in [4.78, 5) is 23.8. The highest BCUT2D eigenvalue weighted by Crippen LogP contribution is 2.18. The molecule has 2 amide bonds. The predicted octanol–water partition coefficient (Wildman–Crippen LogP) is 1.64. The van der Waals surface area contributed by atoms with Crippen LogP contribution < -0.4 is 10.6 Å². The minimum Gasteiger partial charge on any atom is -0.383 e. The van der Waals surface area contributed by atoms with Gasteiger partial charge in [0.2, 0.25) is 11.8 Å². The highest BCUT2D eigenvalue weighted by molar-refractivity contribution is 5.87. The van der Waals surface area contributed by atoms with E-state index in [0.29, 0.717) is 0 Å². The number of amides is 2. The van der Waals surface area contributed by atoms with Gasteiger partial charge in [0.25, 0.3) is 0 Å². The van der Waals surface area contributed by atoms with Crippen molar-refractivity contribution in [2.24, 2.45) is 0 Å². The molecule has 3 N–H and O–H groups in total. The molecule has 0 aromatic rings. The van der Waals surface area contributed by atoms with Gasteiger partial charge in [-0.2, -0.15) is 0 Å². The molecule has 1 atom stereocenters. The molecule has 0 radical (unpaired) electrons. The van der Waals surface area contributed by atoms with Gasteiger partial charge in [0.05, 0.1) is 6.42 Å². The Morgan fingerprint density at radius 1 is 0.857 bits per heavy atom. The van der Waals surface area contributed by atoms with Crippen LogP contribution in [0.4, 0.5) is 0 Å². The first-order chi connectivity index (χ1) is 10.1. The van der Waals surface area contributed by atoms with Crippen molar-refractivity contribution < 1.29 is 14.7 Å². The van der Waals surface area contributed by atoms with Gasteiger partial charge in [-0.1, -0.05) is 38.5 Å². The third kappa shape index (κ3) is 5.65. The lowest BCUT2D eigenvalue weighted by Gasteiger charge is -2.25. The van der Waals surface area contributed by atoms with Crippen molar-refractivity contribution in [3.8, 4) is 0 Å². The monoisotopic (exact) mass is 296 g/mol. The zero-order valence-electron chi connectivity index (χ0n) is 12.8. The maximum atomic E-state index is 11.9. The topological polar surface area (TPSA) is 78.4 Å². The highest BCUT2D eigenvalue weighted by Gasteiger charge is 2.24. The molecule has 2 aliphatic rings. The zero-order valence-corrected chi connectivity index (χ0v) is 12.8. The predicted molar refractivity (Wildman–Crippen MR) is 80.7 cm³/mol. The SMILES string of the molecule is O=C(CC(O)C(=O)NC1CCCCC1)NC1CCCCC1. The summed E-state index contributed by atoms with van der Waals surface area (Å²) in [5.41, 5.74) is 0. The van der Waals surface area contributed by atoms with E-state index in [2.05, 4.69) is 10.6 Å². The largest absolute Gasteiger partial charge is 0.383 e. The van der Waals surface area contributed by atoms with Crippen LogP contribution >= 0.6 is 0 Å². The Morgan fingerprint density at radius 2 is 1.33 bits per heavy atom. The van der Waals surface area contributed by atoms with E-state index < -0.39 is 12.0 Å². The van der Waals surface area contributed by atoms with Gasteiger partial charge in [-0.3, -0.25) is 9.59 Å². The first-order valence-corrected chi connectivity index (χ1v) is 8.43. The van der Waals surface area contributed by atoms with Crippen LogP contribution in [0.5, 0.6) is 0 Å². The van der Waals surface area contributed by atoms with Crippen molar-refractivity contribution in [1.82, 2.24) is 10.6 Å². The number of hydrogen-bond acceptors (Lipinski definition) is 3. The van der Waals surface area contributed by atoms with Gasteiger partial charge in [0.15, 0.2) is 0 Å². The number of carbonyl (C=O) groups is 2. The minimum atomic E-state index is -1.23. The molecule has 1 unspecified atom stereocenters. The first-order valence-electron chi connectivity index (χ1n) is 8.43. The van der Waals surface area contributed by atoms with E-state index in [1.54, 1.807) is 0 Å². The van der Waals surface area contributed by atoms with Crippen LogP contribution in [0.2, 0.25) is 0 Å². The van der Waals surface area contributed by atoms with E-state index in [1.807, 2.05) is 0 Å². The normalized spacial score (nSPS) is 22.5. The van der Waals surface area contributed by atoms with E-state index in [0.717, 1.165) is 51.4 Å². The second kappa shape index (κ2) is 8.37. The third-order valence-electron chi connectivity index (χ3n) is 4.60. The van der Waals surface area contributed by atoms with Gasteiger partial charge in [-0.25, -0.2) is 0 Å². The number of hydrogen-bond donors (Lipinski definition) is 3. The van der Waals surface area contributed by atoms with Crippen molar-refractivity contribution in [1.29, 1.82) is 0 Å². The first kappa shape index (κ1) is 16.3. The molecule has 5 heteroatoms.